The molecule has 0 bridgehead atoms. The molecule has 0 atom stereocenters. The van der Waals surface area contributed by atoms with Gasteiger partial charge in [0.25, 0.3) is 5.91 Å². The van der Waals surface area contributed by atoms with E-state index in [1.165, 1.54) is 22.7 Å². The maximum Gasteiger partial charge on any atom is 0.257 e. The summed E-state index contributed by atoms with van der Waals surface area (Å²) in [5.74, 6) is 0.379. The number of hydrogen-bond donors (Lipinski definition) is 1. The summed E-state index contributed by atoms with van der Waals surface area (Å²) >= 11 is 2.85. The first-order valence-electron chi connectivity index (χ1n) is 6.42. The number of nitrogens with one attached hydrogen (secondary N) is 1. The third-order valence-corrected chi connectivity index (χ3v) is 4.10. The second-order valence-electron chi connectivity index (χ2n) is 4.38. The van der Waals surface area contributed by atoms with Crippen molar-refractivity contribution >= 4 is 33.7 Å². The molecule has 0 unspecified atom stereocenters. The maximum absolute atomic E-state index is 12.2. The van der Waals surface area contributed by atoms with Crippen LogP contribution in [0.5, 0.6) is 5.75 Å². The Labute approximate surface area is 134 Å². The molecule has 0 aliphatic carbocycles. The highest BCUT2D eigenvalue weighted by molar-refractivity contribution is 7.15. The van der Waals surface area contributed by atoms with E-state index in [-0.39, 0.29) is 5.91 Å². The molecule has 8 heteroatoms. The van der Waals surface area contributed by atoms with E-state index < -0.39 is 0 Å². The Bertz CT molecular complexity index is 771. The summed E-state index contributed by atoms with van der Waals surface area (Å²) in [5, 5.41) is 13.7. The largest absolute Gasteiger partial charge is 0.487 e. The number of carbonyl (C=O) groups excluding carboxylic acids is 1. The summed E-state index contributed by atoms with van der Waals surface area (Å²) < 4.78 is 5.63. The van der Waals surface area contributed by atoms with Crippen molar-refractivity contribution in [3.63, 3.8) is 0 Å². The van der Waals surface area contributed by atoms with Crippen LogP contribution in [0.2, 0.25) is 0 Å². The molecule has 3 rings (SSSR count). The molecule has 0 aliphatic rings. The first-order valence-corrected chi connectivity index (χ1v) is 8.18. The van der Waals surface area contributed by atoms with Gasteiger partial charge >= 0.3 is 0 Å². The lowest BCUT2D eigenvalue weighted by atomic mass is 10.2. The van der Waals surface area contributed by atoms with Gasteiger partial charge in [-0.2, -0.15) is 0 Å². The Kier molecular flexibility index (Phi) is 4.40. The summed E-state index contributed by atoms with van der Waals surface area (Å²) in [6.45, 7) is 2.21. The topological polar surface area (TPSA) is 77.0 Å². The molecule has 22 heavy (non-hydrogen) atoms. The summed E-state index contributed by atoms with van der Waals surface area (Å²) in [7, 11) is 0. The van der Waals surface area contributed by atoms with Gasteiger partial charge in [-0.1, -0.05) is 17.4 Å². The molecule has 1 amide bonds. The molecule has 0 radical (unpaired) electrons. The van der Waals surface area contributed by atoms with E-state index in [0.717, 1.165) is 10.7 Å². The number of ether oxygens (including phenoxy) is 1. The number of aromatic nitrogens is 3. The molecule has 112 valence electrons. The van der Waals surface area contributed by atoms with Gasteiger partial charge in [0.15, 0.2) is 0 Å². The monoisotopic (exact) mass is 332 g/mol. The second kappa shape index (κ2) is 6.63. The third-order valence-electron chi connectivity index (χ3n) is 2.71. The fourth-order valence-electron chi connectivity index (χ4n) is 1.71. The Balaban J connectivity index is 1.66. The van der Waals surface area contributed by atoms with E-state index >= 15 is 0 Å². The standard InChI is InChI=1S/C14H12N4O2S2/c1-9-17-18-14(22-9)16-13(19)10-3-2-4-12(5-10)20-6-11-7-21-8-15-11/h2-5,7-8H,6H2,1H3,(H,16,18,19). The van der Waals surface area contributed by atoms with Gasteiger partial charge < -0.3 is 4.74 Å². The number of thiazole rings is 1. The van der Waals surface area contributed by atoms with Crippen molar-refractivity contribution in [2.24, 2.45) is 0 Å². The average molecular weight is 332 g/mol. The van der Waals surface area contributed by atoms with E-state index in [2.05, 4.69) is 20.5 Å². The average Bonchev–Trinajstić information content (AvgIpc) is 3.17. The SMILES string of the molecule is Cc1nnc(NC(=O)c2cccc(OCc3cscn3)c2)s1. The van der Waals surface area contributed by atoms with Gasteiger partial charge in [0.05, 0.1) is 11.2 Å². The Hall–Kier alpha value is -2.32. The zero-order valence-electron chi connectivity index (χ0n) is 11.6. The minimum absolute atomic E-state index is 0.241. The predicted molar refractivity (Wildman–Crippen MR) is 85.5 cm³/mol. The molecular formula is C14H12N4O2S2. The molecular weight excluding hydrogens is 320 g/mol. The van der Waals surface area contributed by atoms with Crippen molar-refractivity contribution in [1.82, 2.24) is 15.2 Å². The van der Waals surface area contributed by atoms with E-state index in [1.54, 1.807) is 29.8 Å². The minimum atomic E-state index is -0.241. The van der Waals surface area contributed by atoms with E-state index in [1.807, 2.05) is 12.3 Å². The van der Waals surface area contributed by atoms with Crippen molar-refractivity contribution in [1.29, 1.82) is 0 Å². The molecule has 0 aliphatic heterocycles. The number of amides is 1. The molecule has 0 fully saturated rings. The first kappa shape index (κ1) is 14.6. The molecule has 1 aromatic carbocycles. The van der Waals surface area contributed by atoms with E-state index in [4.69, 9.17) is 4.74 Å². The summed E-state index contributed by atoms with van der Waals surface area (Å²) in [6, 6.07) is 6.99. The Morgan fingerprint density at radius 1 is 1.36 bits per heavy atom. The summed E-state index contributed by atoms with van der Waals surface area (Å²) in [6.07, 6.45) is 0. The van der Waals surface area contributed by atoms with Gasteiger partial charge in [0.2, 0.25) is 5.13 Å². The van der Waals surface area contributed by atoms with Crippen molar-refractivity contribution in [3.05, 3.63) is 51.4 Å². The fraction of sp³-hybridized carbons (Fsp3) is 0.143. The Morgan fingerprint density at radius 2 is 2.27 bits per heavy atom. The van der Waals surface area contributed by atoms with Crippen molar-refractivity contribution in [2.75, 3.05) is 5.32 Å². The van der Waals surface area contributed by atoms with Crippen LogP contribution in [0, 0.1) is 6.92 Å². The highest BCUT2D eigenvalue weighted by Crippen LogP contribution is 2.18. The quantitative estimate of drug-likeness (QED) is 0.777. The summed E-state index contributed by atoms with van der Waals surface area (Å²) in [5.41, 5.74) is 3.12. The maximum atomic E-state index is 12.2. The van der Waals surface area contributed by atoms with Gasteiger partial charge in [-0.15, -0.1) is 21.5 Å². The molecule has 0 spiro atoms. The first-order chi connectivity index (χ1) is 10.7. The molecule has 1 N–H and O–H groups in total. The van der Waals surface area contributed by atoms with Crippen LogP contribution in [0.15, 0.2) is 35.2 Å². The van der Waals surface area contributed by atoms with Crippen molar-refractivity contribution in [3.8, 4) is 5.75 Å². The van der Waals surface area contributed by atoms with Crippen molar-refractivity contribution < 1.29 is 9.53 Å². The number of aryl methyl sites for hydroxylation is 1. The van der Waals surface area contributed by atoms with E-state index in [0.29, 0.717) is 23.1 Å². The van der Waals surface area contributed by atoms with E-state index in [9.17, 15) is 4.79 Å². The highest BCUT2D eigenvalue weighted by Gasteiger charge is 2.10. The van der Waals surface area contributed by atoms with Gasteiger partial charge in [-0.3, -0.25) is 10.1 Å². The Morgan fingerprint density at radius 3 is 3.00 bits per heavy atom. The zero-order chi connectivity index (χ0) is 15.4. The zero-order valence-corrected chi connectivity index (χ0v) is 13.3. The number of carbonyl (C=O) groups is 1. The molecule has 6 nitrogen and oxygen atoms in total. The number of nitrogens with zero attached hydrogens (tertiary/aromatic N) is 3. The smallest absolute Gasteiger partial charge is 0.257 e. The molecule has 2 aromatic heterocycles. The van der Waals surface area contributed by atoms with Crippen LogP contribution in [0.1, 0.15) is 21.1 Å². The highest BCUT2D eigenvalue weighted by atomic mass is 32.1. The van der Waals surface area contributed by atoms with Crippen LogP contribution in [0.3, 0.4) is 0 Å². The molecule has 2 heterocycles. The number of benzene rings is 1. The predicted octanol–water partition coefficient (Wildman–Crippen LogP) is 3.13. The molecule has 3 aromatic rings. The van der Waals surface area contributed by atoms with Gasteiger partial charge in [-0.05, 0) is 25.1 Å². The third kappa shape index (κ3) is 3.66. The second-order valence-corrected chi connectivity index (χ2v) is 6.28. The lowest BCUT2D eigenvalue weighted by Gasteiger charge is -2.06. The van der Waals surface area contributed by atoms with Crippen molar-refractivity contribution in [2.45, 2.75) is 13.5 Å². The molecule has 0 saturated carbocycles. The number of rotatable bonds is 5. The van der Waals surface area contributed by atoms with Crippen LogP contribution in [0.4, 0.5) is 5.13 Å². The minimum Gasteiger partial charge on any atom is -0.487 e. The lowest BCUT2D eigenvalue weighted by Crippen LogP contribution is -2.11. The van der Waals surface area contributed by atoms with Gasteiger partial charge in [0.1, 0.15) is 17.4 Å². The number of anilines is 1. The van der Waals surface area contributed by atoms with Gasteiger partial charge in [-0.25, -0.2) is 4.98 Å². The van der Waals surface area contributed by atoms with Crippen LogP contribution >= 0.6 is 22.7 Å². The van der Waals surface area contributed by atoms with Crippen LogP contribution < -0.4 is 10.1 Å². The van der Waals surface area contributed by atoms with Crippen LogP contribution in [-0.4, -0.2) is 21.1 Å². The lowest BCUT2D eigenvalue weighted by molar-refractivity contribution is 0.102. The van der Waals surface area contributed by atoms with Crippen LogP contribution in [0.25, 0.3) is 0 Å². The normalized spacial score (nSPS) is 10.4. The van der Waals surface area contributed by atoms with Gasteiger partial charge in [0, 0.05) is 10.9 Å². The summed E-state index contributed by atoms with van der Waals surface area (Å²) in [4.78, 5) is 16.3. The van der Waals surface area contributed by atoms with Crippen LogP contribution in [-0.2, 0) is 6.61 Å². The fourth-order valence-corrected chi connectivity index (χ4v) is 2.84. The number of hydrogen-bond acceptors (Lipinski definition) is 7. The molecule has 0 saturated heterocycles.